The van der Waals surface area contributed by atoms with Gasteiger partial charge in [0.15, 0.2) is 18.1 Å². The summed E-state index contributed by atoms with van der Waals surface area (Å²) in [5.74, 6) is -0.908. The van der Waals surface area contributed by atoms with E-state index in [0.29, 0.717) is 18.4 Å². The van der Waals surface area contributed by atoms with Gasteiger partial charge in [-0.2, -0.15) is 42.6 Å². The summed E-state index contributed by atoms with van der Waals surface area (Å²) in [6.07, 6.45) is 3.25. The SMILES string of the molecule is N#CC1=C(C#N)C2=C3C(C#N)CCCC3C3N(C#N)NNNN3N2C(C#N)=C1C#N. The topological polar surface area (TPSA) is 189 Å². The molecule has 4 aliphatic rings. The number of fused-ring (bicyclic) bond motifs is 5. The van der Waals surface area contributed by atoms with Crippen LogP contribution in [0.2, 0.25) is 0 Å². The van der Waals surface area contributed by atoms with Crippen LogP contribution in [0, 0.1) is 79.9 Å². The van der Waals surface area contributed by atoms with E-state index in [9.17, 15) is 31.6 Å². The maximum Gasteiger partial charge on any atom is 0.198 e. The van der Waals surface area contributed by atoms with Gasteiger partial charge in [-0.15, -0.1) is 10.7 Å². The highest BCUT2D eigenvalue weighted by molar-refractivity contribution is 5.69. The van der Waals surface area contributed by atoms with Crippen LogP contribution in [0.3, 0.4) is 0 Å². The number of nitrogens with one attached hydrogen (secondary N) is 3. The molecule has 12 heteroatoms. The van der Waals surface area contributed by atoms with Gasteiger partial charge in [0.1, 0.15) is 29.8 Å². The summed E-state index contributed by atoms with van der Waals surface area (Å²) in [6, 6.07) is 9.93. The fraction of sp³-hybridized carbons (Fsp3) is 0.333. The monoisotopic (exact) mass is 396 g/mol. The van der Waals surface area contributed by atoms with E-state index in [1.165, 1.54) is 15.1 Å². The van der Waals surface area contributed by atoms with Crippen LogP contribution in [0.25, 0.3) is 0 Å². The molecule has 0 radical (unpaired) electrons. The van der Waals surface area contributed by atoms with Crippen LogP contribution >= 0.6 is 0 Å². The third-order valence-electron chi connectivity index (χ3n) is 5.60. The Morgan fingerprint density at radius 2 is 1.57 bits per heavy atom. The number of nitrogens with zero attached hydrogens (tertiary/aromatic N) is 9. The van der Waals surface area contributed by atoms with E-state index in [1.54, 1.807) is 0 Å². The van der Waals surface area contributed by atoms with Gasteiger partial charge in [-0.05, 0) is 18.4 Å². The molecule has 3 unspecified atom stereocenters. The standard InChI is InChI=1S/C18H12N12/c19-4-10-2-1-3-11-16(10)17-14(7-22)12(5-20)13(6-21)15(8-23)29(17)30-18(11)28(9-24)26-25-27-30/h10-11,18,25-27H,1-3H2. The predicted octanol–water partition coefficient (Wildman–Crippen LogP) is -0.0768. The molecular formula is C18H12N12. The van der Waals surface area contributed by atoms with Crippen LogP contribution < -0.4 is 16.6 Å². The van der Waals surface area contributed by atoms with Gasteiger partial charge in [0.05, 0.1) is 28.8 Å². The maximum absolute atomic E-state index is 9.90. The molecule has 0 aromatic carbocycles. The van der Waals surface area contributed by atoms with Crippen molar-refractivity contribution in [1.82, 2.24) is 31.7 Å². The molecule has 3 atom stereocenters. The summed E-state index contributed by atoms with van der Waals surface area (Å²) >= 11 is 0. The van der Waals surface area contributed by atoms with Crippen LogP contribution in [-0.2, 0) is 0 Å². The number of hydrogen-bond donors (Lipinski definition) is 3. The summed E-state index contributed by atoms with van der Waals surface area (Å²) in [6.45, 7) is 0. The van der Waals surface area contributed by atoms with Crippen molar-refractivity contribution in [3.8, 4) is 36.5 Å². The zero-order valence-electron chi connectivity index (χ0n) is 15.4. The van der Waals surface area contributed by atoms with Gasteiger partial charge in [-0.25, -0.2) is 10.0 Å². The average molecular weight is 396 g/mol. The van der Waals surface area contributed by atoms with Crippen molar-refractivity contribution in [2.75, 3.05) is 0 Å². The fourth-order valence-corrected chi connectivity index (χ4v) is 4.48. The van der Waals surface area contributed by atoms with Gasteiger partial charge in [0.2, 0.25) is 0 Å². The number of hydrazine groups is 5. The summed E-state index contributed by atoms with van der Waals surface area (Å²) < 4.78 is 0. The minimum atomic E-state index is -0.682. The van der Waals surface area contributed by atoms with E-state index in [0.717, 1.165) is 6.42 Å². The maximum atomic E-state index is 9.90. The Labute approximate surface area is 171 Å². The third-order valence-corrected chi connectivity index (χ3v) is 5.60. The smallest absolute Gasteiger partial charge is 0.198 e. The molecule has 3 heterocycles. The summed E-state index contributed by atoms with van der Waals surface area (Å²) in [5.41, 5.74) is 8.23. The Bertz CT molecular complexity index is 1160. The number of hydrogen-bond acceptors (Lipinski definition) is 12. The molecular weight excluding hydrogens is 384 g/mol. The second-order valence-electron chi connectivity index (χ2n) is 6.83. The van der Waals surface area contributed by atoms with Crippen molar-refractivity contribution in [3.05, 3.63) is 33.7 Å². The van der Waals surface area contributed by atoms with Crippen LogP contribution in [0.15, 0.2) is 33.7 Å². The molecule has 0 bridgehead atoms. The van der Waals surface area contributed by atoms with Crippen molar-refractivity contribution in [1.29, 1.82) is 31.6 Å². The second kappa shape index (κ2) is 7.21. The molecule has 0 amide bonds. The molecule has 0 aromatic heterocycles. The zero-order valence-corrected chi connectivity index (χ0v) is 15.4. The lowest BCUT2D eigenvalue weighted by Crippen LogP contribution is -2.77. The third kappa shape index (κ3) is 2.35. The second-order valence-corrected chi connectivity index (χ2v) is 6.83. The average Bonchev–Trinajstić information content (AvgIpc) is 2.80. The molecule has 0 spiro atoms. The van der Waals surface area contributed by atoms with E-state index < -0.39 is 12.1 Å². The van der Waals surface area contributed by atoms with E-state index in [4.69, 9.17) is 0 Å². The molecule has 12 nitrogen and oxygen atoms in total. The fourth-order valence-electron chi connectivity index (χ4n) is 4.48. The van der Waals surface area contributed by atoms with Crippen LogP contribution in [-0.4, -0.2) is 21.3 Å². The van der Waals surface area contributed by atoms with E-state index >= 15 is 0 Å². The lowest BCUT2D eigenvalue weighted by Gasteiger charge is -2.56. The Morgan fingerprint density at radius 1 is 0.833 bits per heavy atom. The van der Waals surface area contributed by atoms with Crippen molar-refractivity contribution in [2.24, 2.45) is 11.8 Å². The van der Waals surface area contributed by atoms with Gasteiger partial charge in [-0.1, -0.05) is 6.42 Å². The summed E-state index contributed by atoms with van der Waals surface area (Å²) in [4.78, 5) is 0. The number of allylic oxidation sites excluding steroid dienone is 4. The van der Waals surface area contributed by atoms with Crippen LogP contribution in [0.1, 0.15) is 19.3 Å². The molecule has 3 N–H and O–H groups in total. The molecule has 0 aromatic rings. The molecule has 2 fully saturated rings. The van der Waals surface area contributed by atoms with Crippen molar-refractivity contribution >= 4 is 0 Å². The zero-order chi connectivity index (χ0) is 21.4. The largest absolute Gasteiger partial charge is 0.244 e. The first kappa shape index (κ1) is 18.9. The van der Waals surface area contributed by atoms with Crippen molar-refractivity contribution in [2.45, 2.75) is 25.4 Å². The molecule has 1 aliphatic carbocycles. The van der Waals surface area contributed by atoms with E-state index in [-0.39, 0.29) is 34.0 Å². The number of rotatable bonds is 0. The highest BCUT2D eigenvalue weighted by atomic mass is 16.0. The Kier molecular flexibility index (Phi) is 4.55. The molecule has 1 saturated heterocycles. The predicted molar refractivity (Wildman–Crippen MR) is 94.3 cm³/mol. The van der Waals surface area contributed by atoms with Gasteiger partial charge in [-0.3, -0.25) is 0 Å². The molecule has 144 valence electrons. The number of nitriles is 6. The molecule has 3 aliphatic heterocycles. The first-order valence-electron chi connectivity index (χ1n) is 8.94. The lowest BCUT2D eigenvalue weighted by molar-refractivity contribution is -0.200. The Hall–Kier alpha value is -4.40. The van der Waals surface area contributed by atoms with Crippen molar-refractivity contribution in [3.63, 3.8) is 0 Å². The normalized spacial score (nSPS) is 28.0. The summed E-state index contributed by atoms with van der Waals surface area (Å²) in [5, 5.41) is 62.5. The van der Waals surface area contributed by atoms with Gasteiger partial charge in [0.25, 0.3) is 0 Å². The first-order valence-corrected chi connectivity index (χ1v) is 8.94. The Balaban J connectivity index is 2.12. The summed E-state index contributed by atoms with van der Waals surface area (Å²) in [7, 11) is 0. The van der Waals surface area contributed by atoms with Crippen LogP contribution in [0.5, 0.6) is 0 Å². The highest BCUT2D eigenvalue weighted by Crippen LogP contribution is 2.49. The minimum absolute atomic E-state index is 0.0718. The molecule has 1 saturated carbocycles. The Morgan fingerprint density at radius 3 is 2.17 bits per heavy atom. The van der Waals surface area contributed by atoms with Crippen molar-refractivity contribution < 1.29 is 0 Å². The highest BCUT2D eigenvalue weighted by Gasteiger charge is 2.53. The van der Waals surface area contributed by atoms with E-state index in [2.05, 4.69) is 22.7 Å². The minimum Gasteiger partial charge on any atom is -0.244 e. The van der Waals surface area contributed by atoms with Gasteiger partial charge in [0, 0.05) is 5.92 Å². The molecule has 4 rings (SSSR count). The van der Waals surface area contributed by atoms with Crippen LogP contribution in [0.4, 0.5) is 0 Å². The quantitative estimate of drug-likeness (QED) is 0.463. The first-order chi connectivity index (χ1) is 14.7. The lowest BCUT2D eigenvalue weighted by atomic mass is 9.71. The van der Waals surface area contributed by atoms with Gasteiger partial charge >= 0.3 is 0 Å². The molecule has 30 heavy (non-hydrogen) atoms. The van der Waals surface area contributed by atoms with E-state index in [1.807, 2.05) is 30.5 Å². The van der Waals surface area contributed by atoms with Gasteiger partial charge < -0.3 is 0 Å².